The molecule has 100 valence electrons. The van der Waals surface area contributed by atoms with Crippen LogP contribution in [0.5, 0.6) is 11.5 Å². The molecule has 0 amide bonds. The Morgan fingerprint density at radius 3 is 2.39 bits per heavy atom. The van der Waals surface area contributed by atoms with Crippen LogP contribution in [0, 0.1) is 0 Å². The third-order valence-corrected chi connectivity index (χ3v) is 3.37. The van der Waals surface area contributed by atoms with Crippen molar-refractivity contribution in [1.29, 1.82) is 0 Å². The first-order chi connectivity index (χ1) is 8.61. The maximum Gasteiger partial charge on any atom is 0.160 e. The SMILES string of the molecule is COc1ccc(N2CCN(C(C)O)CC2)cc1O. The number of phenolic OH excluding ortho intramolecular Hbond substituents is 1. The molecule has 2 N–H and O–H groups in total. The van der Waals surface area contributed by atoms with Crippen molar-refractivity contribution in [3.8, 4) is 11.5 Å². The molecule has 1 aromatic carbocycles. The highest BCUT2D eigenvalue weighted by Crippen LogP contribution is 2.30. The first-order valence-electron chi connectivity index (χ1n) is 6.16. The molecule has 0 radical (unpaired) electrons. The lowest BCUT2D eigenvalue weighted by atomic mass is 10.2. The minimum absolute atomic E-state index is 0.160. The van der Waals surface area contributed by atoms with Crippen LogP contribution in [-0.4, -0.2) is 54.6 Å². The fourth-order valence-electron chi connectivity index (χ4n) is 2.23. The number of anilines is 1. The van der Waals surface area contributed by atoms with Crippen LogP contribution in [-0.2, 0) is 0 Å². The standard InChI is InChI=1S/C13H20N2O3/c1-10(16)14-5-7-15(8-6-14)11-3-4-13(18-2)12(17)9-11/h3-4,9-10,16-17H,5-8H2,1-2H3. The van der Waals surface area contributed by atoms with E-state index in [1.807, 2.05) is 11.0 Å². The fraction of sp³-hybridized carbons (Fsp3) is 0.538. The molecule has 2 rings (SSSR count). The van der Waals surface area contributed by atoms with Crippen LogP contribution in [0.4, 0.5) is 5.69 Å². The number of hydrogen-bond donors (Lipinski definition) is 2. The van der Waals surface area contributed by atoms with Crippen molar-refractivity contribution in [3.05, 3.63) is 18.2 Å². The van der Waals surface area contributed by atoms with Crippen molar-refractivity contribution in [2.75, 3.05) is 38.2 Å². The number of benzene rings is 1. The van der Waals surface area contributed by atoms with Gasteiger partial charge in [-0.2, -0.15) is 0 Å². The van der Waals surface area contributed by atoms with Crippen molar-refractivity contribution in [2.24, 2.45) is 0 Å². The molecule has 0 aromatic heterocycles. The highest BCUT2D eigenvalue weighted by Gasteiger charge is 2.20. The summed E-state index contributed by atoms with van der Waals surface area (Å²) in [4.78, 5) is 4.22. The van der Waals surface area contributed by atoms with Gasteiger partial charge in [0.05, 0.1) is 7.11 Å². The smallest absolute Gasteiger partial charge is 0.160 e. The lowest BCUT2D eigenvalue weighted by Crippen LogP contribution is -2.49. The summed E-state index contributed by atoms with van der Waals surface area (Å²) in [7, 11) is 1.54. The zero-order valence-electron chi connectivity index (χ0n) is 10.8. The summed E-state index contributed by atoms with van der Waals surface area (Å²) in [5, 5.41) is 19.3. The average molecular weight is 252 g/mol. The summed E-state index contributed by atoms with van der Waals surface area (Å²) in [5.74, 6) is 0.648. The molecule has 18 heavy (non-hydrogen) atoms. The third-order valence-electron chi connectivity index (χ3n) is 3.37. The van der Waals surface area contributed by atoms with E-state index in [2.05, 4.69) is 4.90 Å². The van der Waals surface area contributed by atoms with Crippen molar-refractivity contribution in [1.82, 2.24) is 4.90 Å². The van der Waals surface area contributed by atoms with Crippen LogP contribution in [0.25, 0.3) is 0 Å². The van der Waals surface area contributed by atoms with Gasteiger partial charge in [0.15, 0.2) is 11.5 Å². The Morgan fingerprint density at radius 2 is 1.89 bits per heavy atom. The first-order valence-corrected chi connectivity index (χ1v) is 6.16. The van der Waals surface area contributed by atoms with E-state index < -0.39 is 6.23 Å². The fourth-order valence-corrected chi connectivity index (χ4v) is 2.23. The molecule has 0 saturated carbocycles. The number of piperazine rings is 1. The molecular formula is C13H20N2O3. The molecule has 1 atom stereocenters. The number of rotatable bonds is 3. The molecule has 0 spiro atoms. The number of aromatic hydroxyl groups is 1. The summed E-state index contributed by atoms with van der Waals surface area (Å²) >= 11 is 0. The van der Waals surface area contributed by atoms with Crippen LogP contribution in [0.15, 0.2) is 18.2 Å². The van der Waals surface area contributed by atoms with Crippen molar-refractivity contribution in [3.63, 3.8) is 0 Å². The second-order valence-corrected chi connectivity index (χ2v) is 4.51. The summed E-state index contributed by atoms with van der Waals surface area (Å²) in [6.07, 6.45) is -0.392. The molecule has 1 aliphatic heterocycles. The normalized spacial score (nSPS) is 18.7. The number of phenols is 1. The maximum atomic E-state index is 9.76. The van der Waals surface area contributed by atoms with E-state index in [1.54, 1.807) is 19.1 Å². The lowest BCUT2D eigenvalue weighted by Gasteiger charge is -2.37. The van der Waals surface area contributed by atoms with Crippen molar-refractivity contribution >= 4 is 5.69 Å². The molecule has 5 heteroatoms. The topological polar surface area (TPSA) is 56.2 Å². The van der Waals surface area contributed by atoms with Crippen LogP contribution in [0.3, 0.4) is 0 Å². The number of ether oxygens (including phenoxy) is 1. The second kappa shape index (κ2) is 5.46. The van der Waals surface area contributed by atoms with Crippen LogP contribution < -0.4 is 9.64 Å². The summed E-state index contributed by atoms with van der Waals surface area (Å²) < 4.78 is 5.03. The van der Waals surface area contributed by atoms with Gasteiger partial charge in [-0.1, -0.05) is 0 Å². The molecule has 5 nitrogen and oxygen atoms in total. The van der Waals surface area contributed by atoms with Gasteiger partial charge in [-0.15, -0.1) is 0 Å². The van der Waals surface area contributed by atoms with E-state index in [9.17, 15) is 10.2 Å². The Balaban J connectivity index is 2.03. The maximum absolute atomic E-state index is 9.76. The number of aliphatic hydroxyl groups is 1. The number of hydrogen-bond acceptors (Lipinski definition) is 5. The van der Waals surface area contributed by atoms with Crippen LogP contribution in [0.1, 0.15) is 6.92 Å². The van der Waals surface area contributed by atoms with Crippen LogP contribution in [0.2, 0.25) is 0 Å². The first kappa shape index (κ1) is 13.0. The van der Waals surface area contributed by atoms with E-state index in [4.69, 9.17) is 4.74 Å². The van der Waals surface area contributed by atoms with Gasteiger partial charge in [0.1, 0.15) is 6.23 Å². The molecular weight excluding hydrogens is 232 g/mol. The Hall–Kier alpha value is -1.46. The van der Waals surface area contributed by atoms with E-state index in [1.165, 1.54) is 7.11 Å². The summed E-state index contributed by atoms with van der Waals surface area (Å²) in [5.41, 5.74) is 0.985. The van der Waals surface area contributed by atoms with E-state index >= 15 is 0 Å². The van der Waals surface area contributed by atoms with Crippen molar-refractivity contribution in [2.45, 2.75) is 13.2 Å². The zero-order valence-corrected chi connectivity index (χ0v) is 10.8. The molecule has 1 fully saturated rings. The average Bonchev–Trinajstić information content (AvgIpc) is 2.38. The molecule has 1 saturated heterocycles. The zero-order chi connectivity index (χ0) is 13.1. The minimum Gasteiger partial charge on any atom is -0.504 e. The Bertz CT molecular complexity index is 401. The highest BCUT2D eigenvalue weighted by molar-refractivity contribution is 5.56. The molecule has 0 bridgehead atoms. The Labute approximate surface area is 107 Å². The third kappa shape index (κ3) is 2.68. The summed E-state index contributed by atoms with van der Waals surface area (Å²) in [6, 6.07) is 5.43. The van der Waals surface area contributed by atoms with Crippen LogP contribution >= 0.6 is 0 Å². The van der Waals surface area contributed by atoms with Gasteiger partial charge >= 0.3 is 0 Å². The predicted octanol–water partition coefficient (Wildman–Crippen LogP) is 0.861. The largest absolute Gasteiger partial charge is 0.504 e. The number of nitrogens with zero attached hydrogens (tertiary/aromatic N) is 2. The van der Waals surface area contributed by atoms with Gasteiger partial charge < -0.3 is 19.8 Å². The Kier molecular flexibility index (Phi) is 3.93. The molecule has 1 heterocycles. The quantitative estimate of drug-likeness (QED) is 0.835. The monoisotopic (exact) mass is 252 g/mol. The van der Waals surface area contributed by atoms with Gasteiger partial charge in [0.25, 0.3) is 0 Å². The van der Waals surface area contributed by atoms with Crippen molar-refractivity contribution < 1.29 is 14.9 Å². The number of aliphatic hydroxyl groups excluding tert-OH is 1. The minimum atomic E-state index is -0.392. The van der Waals surface area contributed by atoms with Gasteiger partial charge in [0, 0.05) is 37.9 Å². The number of methoxy groups -OCH3 is 1. The van der Waals surface area contributed by atoms with Gasteiger partial charge in [-0.05, 0) is 19.1 Å². The van der Waals surface area contributed by atoms with Gasteiger partial charge in [0.2, 0.25) is 0 Å². The van der Waals surface area contributed by atoms with Gasteiger partial charge in [-0.3, -0.25) is 4.90 Å². The van der Waals surface area contributed by atoms with E-state index in [0.717, 1.165) is 31.9 Å². The lowest BCUT2D eigenvalue weighted by molar-refractivity contribution is 0.0153. The predicted molar refractivity (Wildman–Crippen MR) is 70.1 cm³/mol. The molecule has 1 unspecified atom stereocenters. The van der Waals surface area contributed by atoms with E-state index in [0.29, 0.717) is 5.75 Å². The second-order valence-electron chi connectivity index (χ2n) is 4.51. The van der Waals surface area contributed by atoms with E-state index in [-0.39, 0.29) is 5.75 Å². The molecule has 1 aliphatic rings. The summed E-state index contributed by atoms with van der Waals surface area (Å²) in [6.45, 7) is 5.12. The molecule has 0 aliphatic carbocycles. The Morgan fingerprint density at radius 1 is 1.22 bits per heavy atom. The van der Waals surface area contributed by atoms with Gasteiger partial charge in [-0.25, -0.2) is 0 Å². The highest BCUT2D eigenvalue weighted by atomic mass is 16.5. The molecule has 1 aromatic rings.